The van der Waals surface area contributed by atoms with Crippen molar-refractivity contribution in [3.05, 3.63) is 34.9 Å². The van der Waals surface area contributed by atoms with Crippen molar-refractivity contribution in [2.24, 2.45) is 11.8 Å². The lowest BCUT2D eigenvalue weighted by atomic mass is 10.00. The number of rotatable bonds is 3. The molecule has 0 radical (unpaired) electrons. The molecule has 1 saturated carbocycles. The van der Waals surface area contributed by atoms with Crippen LogP contribution in [-0.2, 0) is 4.79 Å². The Morgan fingerprint density at radius 2 is 2.06 bits per heavy atom. The van der Waals surface area contributed by atoms with Crippen molar-refractivity contribution >= 4 is 5.91 Å². The first-order chi connectivity index (χ1) is 7.99. The fourth-order valence-electron chi connectivity index (χ4n) is 2.40. The van der Waals surface area contributed by atoms with Gasteiger partial charge in [-0.3, -0.25) is 4.79 Å². The summed E-state index contributed by atoms with van der Waals surface area (Å²) in [5.41, 5.74) is 3.74. The van der Waals surface area contributed by atoms with Gasteiger partial charge in [0.15, 0.2) is 0 Å². The van der Waals surface area contributed by atoms with E-state index in [1.807, 2.05) is 0 Å². The Bertz CT molecular complexity index is 439. The second kappa shape index (κ2) is 4.52. The molecule has 1 N–H and O–H groups in total. The van der Waals surface area contributed by atoms with Gasteiger partial charge in [0.05, 0.1) is 6.04 Å². The second-order valence-electron chi connectivity index (χ2n) is 5.41. The third-order valence-electron chi connectivity index (χ3n) is 3.70. The van der Waals surface area contributed by atoms with E-state index in [2.05, 4.69) is 51.2 Å². The van der Waals surface area contributed by atoms with Gasteiger partial charge in [-0.1, -0.05) is 30.7 Å². The maximum absolute atomic E-state index is 11.9. The van der Waals surface area contributed by atoms with Crippen LogP contribution in [0.3, 0.4) is 0 Å². The van der Waals surface area contributed by atoms with Gasteiger partial charge in [-0.2, -0.15) is 0 Å². The molecular formula is C15H21NO. The summed E-state index contributed by atoms with van der Waals surface area (Å²) in [6, 6.07) is 6.49. The molecule has 2 heteroatoms. The second-order valence-corrected chi connectivity index (χ2v) is 5.41. The van der Waals surface area contributed by atoms with Gasteiger partial charge in [0, 0.05) is 5.92 Å². The molecular weight excluding hydrogens is 210 g/mol. The Labute approximate surface area is 103 Å². The van der Waals surface area contributed by atoms with Crippen molar-refractivity contribution in [1.29, 1.82) is 0 Å². The van der Waals surface area contributed by atoms with E-state index in [4.69, 9.17) is 0 Å². The first-order valence-corrected chi connectivity index (χ1v) is 6.36. The van der Waals surface area contributed by atoms with Crippen LogP contribution in [0.1, 0.15) is 43.0 Å². The van der Waals surface area contributed by atoms with E-state index in [-0.39, 0.29) is 17.9 Å². The predicted molar refractivity (Wildman–Crippen MR) is 69.7 cm³/mol. The highest BCUT2D eigenvalue weighted by Gasteiger charge is 2.39. The van der Waals surface area contributed by atoms with Crippen molar-refractivity contribution in [2.45, 2.75) is 40.2 Å². The summed E-state index contributed by atoms with van der Waals surface area (Å²) < 4.78 is 0. The van der Waals surface area contributed by atoms with E-state index in [0.29, 0.717) is 5.92 Å². The SMILES string of the molecule is Cc1ccc([C@H](C)NC(=O)[C@@H]2C[C@@H]2C)c(C)c1. The lowest BCUT2D eigenvalue weighted by molar-refractivity contribution is -0.123. The number of amides is 1. The Morgan fingerprint density at radius 3 is 2.59 bits per heavy atom. The summed E-state index contributed by atoms with van der Waals surface area (Å²) in [6.45, 7) is 8.38. The molecule has 0 unspecified atom stereocenters. The third-order valence-corrected chi connectivity index (χ3v) is 3.70. The molecule has 0 aromatic heterocycles. The van der Waals surface area contributed by atoms with Gasteiger partial charge in [-0.05, 0) is 44.2 Å². The third kappa shape index (κ3) is 2.68. The van der Waals surface area contributed by atoms with E-state index in [0.717, 1.165) is 6.42 Å². The zero-order valence-electron chi connectivity index (χ0n) is 11.1. The molecule has 0 heterocycles. The Morgan fingerprint density at radius 1 is 1.41 bits per heavy atom. The van der Waals surface area contributed by atoms with E-state index in [1.165, 1.54) is 16.7 Å². The van der Waals surface area contributed by atoms with Crippen LogP contribution >= 0.6 is 0 Å². The van der Waals surface area contributed by atoms with Gasteiger partial charge in [0.25, 0.3) is 0 Å². The minimum atomic E-state index is 0.107. The average molecular weight is 231 g/mol. The predicted octanol–water partition coefficient (Wildman–Crippen LogP) is 3.14. The summed E-state index contributed by atoms with van der Waals surface area (Å²) >= 11 is 0. The lowest BCUT2D eigenvalue weighted by Crippen LogP contribution is -2.28. The minimum Gasteiger partial charge on any atom is -0.349 e. The molecule has 1 amide bonds. The normalized spacial score (nSPS) is 24.2. The molecule has 0 spiro atoms. The highest BCUT2D eigenvalue weighted by molar-refractivity contribution is 5.81. The van der Waals surface area contributed by atoms with Crippen LogP contribution in [0.2, 0.25) is 0 Å². The molecule has 1 aliphatic carbocycles. The largest absolute Gasteiger partial charge is 0.349 e. The lowest BCUT2D eigenvalue weighted by Gasteiger charge is -2.17. The van der Waals surface area contributed by atoms with Crippen LogP contribution in [0.5, 0.6) is 0 Å². The number of hydrogen-bond acceptors (Lipinski definition) is 1. The average Bonchev–Trinajstić information content (AvgIpc) is 2.95. The molecule has 92 valence electrons. The summed E-state index contributed by atoms with van der Waals surface area (Å²) in [4.78, 5) is 11.9. The smallest absolute Gasteiger partial charge is 0.223 e. The van der Waals surface area contributed by atoms with Crippen molar-refractivity contribution in [3.63, 3.8) is 0 Å². The van der Waals surface area contributed by atoms with E-state index < -0.39 is 0 Å². The number of aryl methyl sites for hydroxylation is 2. The molecule has 1 aliphatic rings. The molecule has 0 bridgehead atoms. The van der Waals surface area contributed by atoms with Crippen LogP contribution in [0.4, 0.5) is 0 Å². The van der Waals surface area contributed by atoms with E-state index in [9.17, 15) is 4.79 Å². The van der Waals surface area contributed by atoms with Gasteiger partial charge in [0.2, 0.25) is 5.91 Å². The Kier molecular flexibility index (Phi) is 3.23. The number of carbonyl (C=O) groups is 1. The summed E-state index contributed by atoms with van der Waals surface area (Å²) in [5, 5.41) is 3.11. The highest BCUT2D eigenvalue weighted by atomic mass is 16.2. The zero-order valence-corrected chi connectivity index (χ0v) is 11.1. The molecule has 17 heavy (non-hydrogen) atoms. The Hall–Kier alpha value is -1.31. The zero-order chi connectivity index (χ0) is 12.6. The monoisotopic (exact) mass is 231 g/mol. The first kappa shape index (κ1) is 12.2. The quantitative estimate of drug-likeness (QED) is 0.850. The number of carbonyl (C=O) groups excluding carboxylic acids is 1. The number of hydrogen-bond donors (Lipinski definition) is 1. The highest BCUT2D eigenvalue weighted by Crippen LogP contribution is 2.38. The maximum Gasteiger partial charge on any atom is 0.223 e. The molecule has 0 saturated heterocycles. The van der Waals surface area contributed by atoms with Crippen molar-refractivity contribution < 1.29 is 4.79 Å². The van der Waals surface area contributed by atoms with Crippen LogP contribution in [0.15, 0.2) is 18.2 Å². The standard InChI is InChI=1S/C15H21NO/c1-9-5-6-13(10(2)7-9)12(4)16-15(17)14-8-11(14)3/h5-7,11-12,14H,8H2,1-4H3,(H,16,17)/t11-,12-,14+/m0/s1. The first-order valence-electron chi connectivity index (χ1n) is 6.36. The van der Waals surface area contributed by atoms with Gasteiger partial charge < -0.3 is 5.32 Å². The van der Waals surface area contributed by atoms with Crippen molar-refractivity contribution in [2.75, 3.05) is 0 Å². The number of benzene rings is 1. The van der Waals surface area contributed by atoms with Crippen molar-refractivity contribution in [3.8, 4) is 0 Å². The van der Waals surface area contributed by atoms with Crippen LogP contribution < -0.4 is 5.32 Å². The van der Waals surface area contributed by atoms with Crippen LogP contribution in [-0.4, -0.2) is 5.91 Å². The number of nitrogens with one attached hydrogen (secondary N) is 1. The molecule has 1 aromatic carbocycles. The van der Waals surface area contributed by atoms with E-state index >= 15 is 0 Å². The topological polar surface area (TPSA) is 29.1 Å². The van der Waals surface area contributed by atoms with Crippen LogP contribution in [0, 0.1) is 25.7 Å². The fourth-order valence-corrected chi connectivity index (χ4v) is 2.40. The summed E-state index contributed by atoms with van der Waals surface area (Å²) in [5.74, 6) is 1.04. The summed E-state index contributed by atoms with van der Waals surface area (Å²) in [7, 11) is 0. The van der Waals surface area contributed by atoms with Gasteiger partial charge >= 0.3 is 0 Å². The minimum absolute atomic E-state index is 0.107. The molecule has 3 atom stereocenters. The van der Waals surface area contributed by atoms with Gasteiger partial charge in [0.1, 0.15) is 0 Å². The molecule has 2 nitrogen and oxygen atoms in total. The fraction of sp³-hybridized carbons (Fsp3) is 0.533. The molecule has 0 aliphatic heterocycles. The molecule has 2 rings (SSSR count). The van der Waals surface area contributed by atoms with Crippen LogP contribution in [0.25, 0.3) is 0 Å². The van der Waals surface area contributed by atoms with Gasteiger partial charge in [-0.15, -0.1) is 0 Å². The molecule has 1 aromatic rings. The maximum atomic E-state index is 11.9. The summed E-state index contributed by atoms with van der Waals surface area (Å²) in [6.07, 6.45) is 1.05. The van der Waals surface area contributed by atoms with Crippen molar-refractivity contribution in [1.82, 2.24) is 5.32 Å². The van der Waals surface area contributed by atoms with Gasteiger partial charge in [-0.25, -0.2) is 0 Å². The molecule has 1 fully saturated rings. The Balaban J connectivity index is 2.04. The van der Waals surface area contributed by atoms with E-state index in [1.54, 1.807) is 0 Å².